The van der Waals surface area contributed by atoms with Crippen LogP contribution in [0.1, 0.15) is 18.4 Å². The normalized spacial score (nSPS) is 17.3. The van der Waals surface area contributed by atoms with E-state index in [9.17, 15) is 4.79 Å². The molecule has 0 unspecified atom stereocenters. The molecule has 3 rings (SSSR count). The van der Waals surface area contributed by atoms with Crippen LogP contribution in [-0.4, -0.2) is 41.1 Å². The second-order valence-electron chi connectivity index (χ2n) is 5.42. The number of rotatable bonds is 6. The van der Waals surface area contributed by atoms with Crippen molar-refractivity contribution in [2.24, 2.45) is 0 Å². The minimum atomic E-state index is -0.0545. The number of amides is 1. The summed E-state index contributed by atoms with van der Waals surface area (Å²) in [5.74, 6) is 0.675. The Morgan fingerprint density at radius 2 is 2.26 bits per heavy atom. The number of thioether (sulfide) groups is 1. The highest BCUT2D eigenvalue weighted by atomic mass is 32.2. The Morgan fingerprint density at radius 1 is 1.39 bits per heavy atom. The highest BCUT2D eigenvalue weighted by molar-refractivity contribution is 7.99. The van der Waals surface area contributed by atoms with Gasteiger partial charge in [-0.25, -0.2) is 0 Å². The fraction of sp³-hybridized carbons (Fsp3) is 0.438. The monoisotopic (exact) mass is 333 g/mol. The third kappa shape index (κ3) is 4.33. The SMILES string of the molecule is Cc1ccccc1-c1nnc(SCC(=O)NC[C@@H]2CCCO2)o1. The van der Waals surface area contributed by atoms with Gasteiger partial charge in [0.25, 0.3) is 5.22 Å². The van der Waals surface area contributed by atoms with Crippen LogP contribution in [0.3, 0.4) is 0 Å². The van der Waals surface area contributed by atoms with Crippen molar-refractivity contribution in [2.75, 3.05) is 18.9 Å². The average molecular weight is 333 g/mol. The van der Waals surface area contributed by atoms with Gasteiger partial charge in [-0.05, 0) is 31.4 Å². The largest absolute Gasteiger partial charge is 0.411 e. The summed E-state index contributed by atoms with van der Waals surface area (Å²) in [5.41, 5.74) is 1.98. The number of carbonyl (C=O) groups excluding carboxylic acids is 1. The van der Waals surface area contributed by atoms with Crippen LogP contribution in [0, 0.1) is 6.92 Å². The Kier molecular flexibility index (Phi) is 5.30. The van der Waals surface area contributed by atoms with E-state index >= 15 is 0 Å². The fourth-order valence-corrected chi connectivity index (χ4v) is 2.99. The van der Waals surface area contributed by atoms with Crippen LogP contribution in [-0.2, 0) is 9.53 Å². The maximum atomic E-state index is 11.8. The molecule has 2 aromatic rings. The molecule has 23 heavy (non-hydrogen) atoms. The third-order valence-corrected chi connectivity index (χ3v) is 4.48. The molecule has 1 aliphatic rings. The number of ether oxygens (including phenoxy) is 1. The fourth-order valence-electron chi connectivity index (χ4n) is 2.40. The molecule has 1 aromatic carbocycles. The summed E-state index contributed by atoms with van der Waals surface area (Å²) in [4.78, 5) is 11.8. The molecule has 2 heterocycles. The first-order valence-electron chi connectivity index (χ1n) is 7.63. The molecule has 1 saturated heterocycles. The van der Waals surface area contributed by atoms with Crippen molar-refractivity contribution in [3.8, 4) is 11.5 Å². The Labute approximate surface area is 139 Å². The Morgan fingerprint density at radius 3 is 3.04 bits per heavy atom. The molecule has 122 valence electrons. The van der Waals surface area contributed by atoms with E-state index in [1.54, 1.807) is 0 Å². The Hall–Kier alpha value is -1.86. The lowest BCUT2D eigenvalue weighted by atomic mass is 10.1. The van der Waals surface area contributed by atoms with Gasteiger partial charge >= 0.3 is 0 Å². The topological polar surface area (TPSA) is 77.2 Å². The summed E-state index contributed by atoms with van der Waals surface area (Å²) in [5, 5.41) is 11.3. The van der Waals surface area contributed by atoms with Crippen LogP contribution in [0.5, 0.6) is 0 Å². The second kappa shape index (κ2) is 7.61. The quantitative estimate of drug-likeness (QED) is 0.818. The number of aryl methyl sites for hydroxylation is 1. The van der Waals surface area contributed by atoms with E-state index in [0.29, 0.717) is 17.7 Å². The highest BCUT2D eigenvalue weighted by Gasteiger charge is 2.17. The van der Waals surface area contributed by atoms with E-state index in [1.807, 2.05) is 31.2 Å². The number of hydrogen-bond acceptors (Lipinski definition) is 6. The molecular formula is C16H19N3O3S. The maximum absolute atomic E-state index is 11.8. The Bertz CT molecular complexity index is 668. The van der Waals surface area contributed by atoms with Gasteiger partial charge in [0.1, 0.15) is 0 Å². The van der Waals surface area contributed by atoms with E-state index in [1.165, 1.54) is 11.8 Å². The van der Waals surface area contributed by atoms with Gasteiger partial charge in [0, 0.05) is 18.7 Å². The molecule has 1 N–H and O–H groups in total. The number of benzene rings is 1. The molecule has 1 aromatic heterocycles. The van der Waals surface area contributed by atoms with Gasteiger partial charge in [-0.1, -0.05) is 30.0 Å². The van der Waals surface area contributed by atoms with Crippen molar-refractivity contribution in [2.45, 2.75) is 31.1 Å². The molecule has 0 bridgehead atoms. The smallest absolute Gasteiger partial charge is 0.277 e. The Balaban J connectivity index is 1.49. The van der Waals surface area contributed by atoms with E-state index in [0.717, 1.165) is 30.6 Å². The van der Waals surface area contributed by atoms with E-state index < -0.39 is 0 Å². The van der Waals surface area contributed by atoms with Crippen molar-refractivity contribution < 1.29 is 13.9 Å². The first-order valence-corrected chi connectivity index (χ1v) is 8.61. The molecule has 6 nitrogen and oxygen atoms in total. The van der Waals surface area contributed by atoms with Crippen LogP contribution >= 0.6 is 11.8 Å². The van der Waals surface area contributed by atoms with Gasteiger partial charge in [0.05, 0.1) is 11.9 Å². The summed E-state index contributed by atoms with van der Waals surface area (Å²) in [6.07, 6.45) is 2.23. The minimum Gasteiger partial charge on any atom is -0.411 e. The summed E-state index contributed by atoms with van der Waals surface area (Å²) in [7, 11) is 0. The standard InChI is InChI=1S/C16H19N3O3S/c1-11-5-2-3-7-13(11)15-18-19-16(22-15)23-10-14(20)17-9-12-6-4-8-21-12/h2-3,5,7,12H,4,6,8-10H2,1H3,(H,17,20)/t12-/m0/s1. The van der Waals surface area contributed by atoms with Crippen LogP contribution in [0.2, 0.25) is 0 Å². The summed E-state index contributed by atoms with van der Waals surface area (Å²) in [6, 6.07) is 7.82. The molecule has 0 spiro atoms. The highest BCUT2D eigenvalue weighted by Crippen LogP contribution is 2.25. The number of hydrogen-bond donors (Lipinski definition) is 1. The zero-order chi connectivity index (χ0) is 16.1. The van der Waals surface area contributed by atoms with Crippen molar-refractivity contribution in [1.29, 1.82) is 0 Å². The lowest BCUT2D eigenvalue weighted by Crippen LogP contribution is -2.32. The number of carbonyl (C=O) groups is 1. The van der Waals surface area contributed by atoms with Crippen LogP contribution in [0.4, 0.5) is 0 Å². The predicted molar refractivity (Wildman–Crippen MR) is 87.2 cm³/mol. The van der Waals surface area contributed by atoms with Gasteiger partial charge in [0.15, 0.2) is 0 Å². The molecule has 1 aliphatic heterocycles. The molecule has 7 heteroatoms. The zero-order valence-corrected chi connectivity index (χ0v) is 13.8. The lowest BCUT2D eigenvalue weighted by Gasteiger charge is -2.09. The maximum Gasteiger partial charge on any atom is 0.277 e. The number of nitrogens with one attached hydrogen (secondary N) is 1. The molecule has 0 radical (unpaired) electrons. The van der Waals surface area contributed by atoms with E-state index in [4.69, 9.17) is 9.15 Å². The van der Waals surface area contributed by atoms with Crippen molar-refractivity contribution in [3.63, 3.8) is 0 Å². The summed E-state index contributed by atoms with van der Waals surface area (Å²) < 4.78 is 11.1. The van der Waals surface area contributed by atoms with Crippen molar-refractivity contribution in [1.82, 2.24) is 15.5 Å². The third-order valence-electron chi connectivity index (χ3n) is 3.66. The minimum absolute atomic E-state index is 0.0545. The van der Waals surface area contributed by atoms with Gasteiger partial charge < -0.3 is 14.5 Å². The van der Waals surface area contributed by atoms with E-state index in [-0.39, 0.29) is 17.8 Å². The van der Waals surface area contributed by atoms with Crippen LogP contribution in [0.25, 0.3) is 11.5 Å². The van der Waals surface area contributed by atoms with Crippen molar-refractivity contribution >= 4 is 17.7 Å². The van der Waals surface area contributed by atoms with E-state index in [2.05, 4.69) is 15.5 Å². The average Bonchev–Trinajstić information content (AvgIpc) is 3.23. The van der Waals surface area contributed by atoms with Gasteiger partial charge in [0.2, 0.25) is 11.8 Å². The van der Waals surface area contributed by atoms with Gasteiger partial charge in [-0.15, -0.1) is 10.2 Å². The zero-order valence-electron chi connectivity index (χ0n) is 12.9. The second-order valence-corrected chi connectivity index (χ2v) is 6.34. The van der Waals surface area contributed by atoms with Gasteiger partial charge in [-0.2, -0.15) is 0 Å². The van der Waals surface area contributed by atoms with Crippen LogP contribution in [0.15, 0.2) is 33.9 Å². The number of nitrogens with zero attached hydrogens (tertiary/aromatic N) is 2. The molecule has 0 aliphatic carbocycles. The molecule has 1 amide bonds. The molecular weight excluding hydrogens is 314 g/mol. The summed E-state index contributed by atoms with van der Waals surface area (Å²) >= 11 is 1.24. The first-order chi connectivity index (χ1) is 11.2. The number of aromatic nitrogens is 2. The molecule has 1 fully saturated rings. The first kappa shape index (κ1) is 16.0. The molecule has 0 saturated carbocycles. The molecule has 1 atom stereocenters. The predicted octanol–water partition coefficient (Wildman–Crippen LogP) is 2.43. The van der Waals surface area contributed by atoms with Gasteiger partial charge in [-0.3, -0.25) is 4.79 Å². The van der Waals surface area contributed by atoms with Crippen LogP contribution < -0.4 is 5.32 Å². The summed E-state index contributed by atoms with van der Waals surface area (Å²) in [6.45, 7) is 3.35. The lowest BCUT2D eigenvalue weighted by molar-refractivity contribution is -0.119. The van der Waals surface area contributed by atoms with Crippen molar-refractivity contribution in [3.05, 3.63) is 29.8 Å².